The van der Waals surface area contributed by atoms with E-state index in [1.165, 1.54) is 20.0 Å². The zero-order valence-corrected chi connectivity index (χ0v) is 20.9. The van der Waals surface area contributed by atoms with Gasteiger partial charge in [0.2, 0.25) is 0 Å². The fourth-order valence-corrected chi connectivity index (χ4v) is 4.81. The molecular formula is C25H35N7O3. The number of nitrogens with zero attached hydrogens (tertiary/aromatic N) is 5. The van der Waals surface area contributed by atoms with Crippen molar-refractivity contribution < 1.29 is 14.7 Å². The summed E-state index contributed by atoms with van der Waals surface area (Å²) in [6.07, 6.45) is 9.76. The van der Waals surface area contributed by atoms with E-state index >= 15 is 0 Å². The molecule has 3 aromatic rings. The fourth-order valence-electron chi connectivity index (χ4n) is 4.81. The van der Waals surface area contributed by atoms with Crippen LogP contribution in [-0.4, -0.2) is 65.9 Å². The maximum Gasteiger partial charge on any atom is 0.253 e. The number of aromatic nitrogens is 4. The molecule has 10 nitrogen and oxygen atoms in total. The van der Waals surface area contributed by atoms with Crippen molar-refractivity contribution in [2.24, 2.45) is 11.7 Å². The number of piperidine rings is 1. The SMILES string of the molecule is CCCn1cc(-c2cc3c(N[C@@H]4CCN(C(=O)C(C)(C)O)C[C@@H]4CC)c(C(N)=O)cnn3c2)cn1. The summed E-state index contributed by atoms with van der Waals surface area (Å²) in [7, 11) is 0. The monoisotopic (exact) mass is 481 g/mol. The molecule has 2 amide bonds. The Morgan fingerprint density at radius 1 is 1.20 bits per heavy atom. The van der Waals surface area contributed by atoms with Gasteiger partial charge in [-0.2, -0.15) is 10.2 Å². The molecule has 1 saturated heterocycles. The number of nitrogens with one attached hydrogen (secondary N) is 1. The van der Waals surface area contributed by atoms with Gasteiger partial charge in [-0.3, -0.25) is 14.3 Å². The van der Waals surface area contributed by atoms with Gasteiger partial charge in [0.15, 0.2) is 0 Å². The van der Waals surface area contributed by atoms with Crippen LogP contribution < -0.4 is 11.1 Å². The third-order valence-electron chi connectivity index (χ3n) is 6.72. The second kappa shape index (κ2) is 9.69. The summed E-state index contributed by atoms with van der Waals surface area (Å²) in [6, 6.07) is 2.02. The van der Waals surface area contributed by atoms with Crippen molar-refractivity contribution >= 4 is 23.0 Å². The molecule has 0 unspecified atom stereocenters. The Morgan fingerprint density at radius 3 is 2.63 bits per heavy atom. The first kappa shape index (κ1) is 24.7. The number of carbonyl (C=O) groups excluding carboxylic acids is 2. The third kappa shape index (κ3) is 5.02. The highest BCUT2D eigenvalue weighted by atomic mass is 16.3. The molecule has 0 saturated carbocycles. The number of likely N-dealkylation sites (tertiary alicyclic amines) is 1. The molecular weight excluding hydrogens is 446 g/mol. The van der Waals surface area contributed by atoms with Crippen LogP contribution >= 0.6 is 0 Å². The van der Waals surface area contributed by atoms with E-state index in [2.05, 4.69) is 29.4 Å². The Kier molecular flexibility index (Phi) is 6.84. The van der Waals surface area contributed by atoms with Crippen molar-refractivity contribution in [1.29, 1.82) is 0 Å². The first-order chi connectivity index (χ1) is 16.6. The van der Waals surface area contributed by atoms with Crippen molar-refractivity contribution in [2.75, 3.05) is 18.4 Å². The lowest BCUT2D eigenvalue weighted by atomic mass is 9.88. The van der Waals surface area contributed by atoms with E-state index in [9.17, 15) is 14.7 Å². The summed E-state index contributed by atoms with van der Waals surface area (Å²) < 4.78 is 3.66. The predicted molar refractivity (Wildman–Crippen MR) is 134 cm³/mol. The van der Waals surface area contributed by atoms with Gasteiger partial charge in [-0.05, 0) is 45.1 Å². The average Bonchev–Trinajstić information content (AvgIpc) is 3.45. The average molecular weight is 482 g/mol. The van der Waals surface area contributed by atoms with Gasteiger partial charge in [0, 0.05) is 49.2 Å². The molecule has 1 aliphatic rings. The molecule has 0 spiro atoms. The number of fused-ring (bicyclic) bond motifs is 1. The van der Waals surface area contributed by atoms with Crippen molar-refractivity contribution in [3.8, 4) is 11.1 Å². The number of carbonyl (C=O) groups is 2. The molecule has 0 aliphatic carbocycles. The normalized spacial score (nSPS) is 18.7. The topological polar surface area (TPSA) is 131 Å². The van der Waals surface area contributed by atoms with E-state index in [0.29, 0.717) is 30.8 Å². The summed E-state index contributed by atoms with van der Waals surface area (Å²) in [5.41, 5.74) is 7.96. The summed E-state index contributed by atoms with van der Waals surface area (Å²) in [5.74, 6) is -0.673. The van der Waals surface area contributed by atoms with Crippen LogP contribution in [0.4, 0.5) is 5.69 Å². The molecule has 1 aliphatic heterocycles. The van der Waals surface area contributed by atoms with Crippen LogP contribution in [0.3, 0.4) is 0 Å². The number of aryl methyl sites for hydroxylation is 1. The minimum Gasteiger partial charge on any atom is -0.381 e. The zero-order chi connectivity index (χ0) is 25.3. The van der Waals surface area contributed by atoms with Crippen molar-refractivity contribution in [3.05, 3.63) is 36.4 Å². The summed E-state index contributed by atoms with van der Waals surface area (Å²) in [6.45, 7) is 9.12. The van der Waals surface area contributed by atoms with Crippen molar-refractivity contribution in [1.82, 2.24) is 24.3 Å². The molecule has 0 bridgehead atoms. The van der Waals surface area contributed by atoms with Gasteiger partial charge in [0.05, 0.1) is 29.2 Å². The molecule has 10 heteroatoms. The Bertz CT molecular complexity index is 1220. The van der Waals surface area contributed by atoms with E-state index in [1.807, 2.05) is 29.3 Å². The molecule has 4 N–H and O–H groups in total. The van der Waals surface area contributed by atoms with E-state index in [0.717, 1.165) is 36.0 Å². The number of anilines is 1. The number of primary amides is 1. The maximum absolute atomic E-state index is 12.6. The first-order valence-corrected chi connectivity index (χ1v) is 12.2. The Morgan fingerprint density at radius 2 is 1.97 bits per heavy atom. The minimum absolute atomic E-state index is 0.0285. The molecule has 0 radical (unpaired) electrons. The zero-order valence-electron chi connectivity index (χ0n) is 20.9. The van der Waals surface area contributed by atoms with E-state index in [-0.39, 0.29) is 17.9 Å². The second-order valence-electron chi connectivity index (χ2n) is 9.87. The lowest BCUT2D eigenvalue weighted by molar-refractivity contribution is -0.149. The lowest BCUT2D eigenvalue weighted by Gasteiger charge is -2.41. The Labute approximate surface area is 205 Å². The van der Waals surface area contributed by atoms with Crippen LogP contribution in [0.1, 0.15) is 57.3 Å². The number of amides is 2. The van der Waals surface area contributed by atoms with Crippen LogP contribution in [0.25, 0.3) is 16.6 Å². The summed E-state index contributed by atoms with van der Waals surface area (Å²) in [4.78, 5) is 26.7. The molecule has 188 valence electrons. The van der Waals surface area contributed by atoms with Crippen LogP contribution in [-0.2, 0) is 11.3 Å². The van der Waals surface area contributed by atoms with E-state index in [1.54, 1.807) is 9.42 Å². The smallest absolute Gasteiger partial charge is 0.253 e. The molecule has 0 aromatic carbocycles. The van der Waals surface area contributed by atoms with Crippen molar-refractivity contribution in [2.45, 2.75) is 65.1 Å². The minimum atomic E-state index is -1.40. The second-order valence-corrected chi connectivity index (χ2v) is 9.87. The number of hydrogen-bond donors (Lipinski definition) is 3. The highest BCUT2D eigenvalue weighted by Crippen LogP contribution is 2.32. The van der Waals surface area contributed by atoms with Crippen LogP contribution in [0, 0.1) is 5.92 Å². The molecule has 3 aromatic heterocycles. The number of aliphatic hydroxyl groups is 1. The third-order valence-corrected chi connectivity index (χ3v) is 6.72. The highest BCUT2D eigenvalue weighted by Gasteiger charge is 2.36. The number of nitrogens with two attached hydrogens (primary N) is 1. The Balaban J connectivity index is 1.65. The predicted octanol–water partition coefficient (Wildman–Crippen LogP) is 2.52. The summed E-state index contributed by atoms with van der Waals surface area (Å²) in [5, 5.41) is 22.6. The lowest BCUT2D eigenvalue weighted by Crippen LogP contribution is -2.53. The molecule has 4 rings (SSSR count). The quantitative estimate of drug-likeness (QED) is 0.453. The molecule has 35 heavy (non-hydrogen) atoms. The first-order valence-electron chi connectivity index (χ1n) is 12.2. The van der Waals surface area contributed by atoms with Gasteiger partial charge in [0.25, 0.3) is 11.8 Å². The van der Waals surface area contributed by atoms with Gasteiger partial charge in [-0.25, -0.2) is 4.52 Å². The van der Waals surface area contributed by atoms with E-state index < -0.39 is 11.5 Å². The van der Waals surface area contributed by atoms with Crippen LogP contribution in [0.2, 0.25) is 0 Å². The molecule has 4 heterocycles. The van der Waals surface area contributed by atoms with Gasteiger partial charge in [-0.15, -0.1) is 0 Å². The largest absolute Gasteiger partial charge is 0.381 e. The van der Waals surface area contributed by atoms with Crippen LogP contribution in [0.15, 0.2) is 30.9 Å². The standard InChI is InChI=1S/C25H35N7O3/c1-5-8-31-14-18(11-27-31)17-10-21-22(19(23(26)33)12-28-32(21)15-17)29-20-7-9-30(13-16(20)6-2)24(34)25(3,4)35/h10-12,14-16,20,29,35H,5-9,13H2,1-4H3,(H2,26,33)/t16-,20+/m0/s1. The van der Waals surface area contributed by atoms with Gasteiger partial charge in [-0.1, -0.05) is 13.8 Å². The van der Waals surface area contributed by atoms with Crippen LogP contribution in [0.5, 0.6) is 0 Å². The Hall–Kier alpha value is -3.40. The molecule has 2 atom stereocenters. The molecule has 1 fully saturated rings. The highest BCUT2D eigenvalue weighted by molar-refractivity contribution is 6.02. The maximum atomic E-state index is 12.6. The summed E-state index contributed by atoms with van der Waals surface area (Å²) >= 11 is 0. The van der Waals surface area contributed by atoms with E-state index in [4.69, 9.17) is 5.73 Å². The van der Waals surface area contributed by atoms with Gasteiger partial charge < -0.3 is 21.1 Å². The number of rotatable bonds is 8. The fraction of sp³-hybridized carbons (Fsp3) is 0.520. The van der Waals surface area contributed by atoms with Gasteiger partial charge >= 0.3 is 0 Å². The van der Waals surface area contributed by atoms with Gasteiger partial charge in [0.1, 0.15) is 5.60 Å². The number of hydrogen-bond acceptors (Lipinski definition) is 6. The van der Waals surface area contributed by atoms with Crippen molar-refractivity contribution in [3.63, 3.8) is 0 Å².